The smallest absolute Gasteiger partial charge is 0.125 e. The predicted molar refractivity (Wildman–Crippen MR) is 83.1 cm³/mol. The van der Waals surface area contributed by atoms with Crippen LogP contribution < -0.4 is 9.47 Å². The summed E-state index contributed by atoms with van der Waals surface area (Å²) in [6.07, 6.45) is 3.54. The summed E-state index contributed by atoms with van der Waals surface area (Å²) in [5.74, 6) is 2.12. The molecule has 0 atom stereocenters. The molecule has 0 bridgehead atoms. The minimum absolute atomic E-state index is 0.467. The van der Waals surface area contributed by atoms with Gasteiger partial charge in [-0.1, -0.05) is 19.9 Å². The van der Waals surface area contributed by atoms with Crippen molar-refractivity contribution in [2.24, 2.45) is 0 Å². The predicted octanol–water partition coefficient (Wildman–Crippen LogP) is 3.40. The van der Waals surface area contributed by atoms with Gasteiger partial charge in [0.1, 0.15) is 11.5 Å². The van der Waals surface area contributed by atoms with E-state index in [1.807, 2.05) is 24.4 Å². The van der Waals surface area contributed by atoms with E-state index in [1.54, 1.807) is 14.2 Å². The molecule has 4 nitrogen and oxygen atoms in total. The Hall–Kier alpha value is -2.10. The highest BCUT2D eigenvalue weighted by Gasteiger charge is 2.07. The van der Waals surface area contributed by atoms with E-state index in [2.05, 4.69) is 30.1 Å². The summed E-state index contributed by atoms with van der Waals surface area (Å²) in [6, 6.07) is 8.03. The van der Waals surface area contributed by atoms with Crippen LogP contribution in [-0.4, -0.2) is 24.4 Å². The third-order valence-corrected chi connectivity index (χ3v) is 3.54. The van der Waals surface area contributed by atoms with Crippen LogP contribution >= 0.6 is 0 Å². The highest BCUT2D eigenvalue weighted by Crippen LogP contribution is 2.25. The lowest BCUT2D eigenvalue weighted by molar-refractivity contribution is 0.391. The lowest BCUT2D eigenvalue weighted by Crippen LogP contribution is -2.01. The quantitative estimate of drug-likeness (QED) is 0.816. The topological polar surface area (TPSA) is 44.2 Å². The molecule has 21 heavy (non-hydrogen) atoms. The van der Waals surface area contributed by atoms with Crippen LogP contribution in [0.2, 0.25) is 0 Å². The molecule has 0 saturated heterocycles. The molecule has 2 rings (SSSR count). The minimum atomic E-state index is 0.467. The average molecular weight is 286 g/mol. The number of hydrogen-bond acceptors (Lipinski definition) is 4. The van der Waals surface area contributed by atoms with Gasteiger partial charge in [-0.05, 0) is 42.0 Å². The van der Waals surface area contributed by atoms with Crippen molar-refractivity contribution in [1.29, 1.82) is 0 Å². The van der Waals surface area contributed by atoms with E-state index in [-0.39, 0.29) is 0 Å². The zero-order valence-electron chi connectivity index (χ0n) is 13.1. The summed E-state index contributed by atoms with van der Waals surface area (Å²) >= 11 is 0. The van der Waals surface area contributed by atoms with Gasteiger partial charge < -0.3 is 9.47 Å². The third-order valence-electron chi connectivity index (χ3n) is 3.54. The fraction of sp³-hybridized carbons (Fsp3) is 0.412. The maximum absolute atomic E-state index is 5.42. The van der Waals surface area contributed by atoms with E-state index in [9.17, 15) is 0 Å². The van der Waals surface area contributed by atoms with Gasteiger partial charge in [0, 0.05) is 6.07 Å². The van der Waals surface area contributed by atoms with Gasteiger partial charge in [0.15, 0.2) is 0 Å². The Morgan fingerprint density at radius 3 is 2.52 bits per heavy atom. The third kappa shape index (κ3) is 3.94. The molecule has 1 aromatic heterocycles. The molecular formula is C17H22N2O2. The van der Waals surface area contributed by atoms with Crippen LogP contribution in [0.3, 0.4) is 0 Å². The van der Waals surface area contributed by atoms with Gasteiger partial charge in [-0.25, -0.2) is 0 Å². The molecule has 112 valence electrons. The first-order valence-electron chi connectivity index (χ1n) is 7.16. The van der Waals surface area contributed by atoms with Gasteiger partial charge in [0.25, 0.3) is 0 Å². The molecule has 0 aliphatic heterocycles. The van der Waals surface area contributed by atoms with Crippen molar-refractivity contribution in [1.82, 2.24) is 10.2 Å². The number of ether oxygens (including phenoxy) is 2. The number of aromatic nitrogens is 2. The second-order valence-corrected chi connectivity index (χ2v) is 5.31. The molecule has 0 aliphatic rings. The first-order valence-corrected chi connectivity index (χ1v) is 7.16. The standard InChI is InChI=1S/C17H22N2O2/c1-12(2)14-9-15(19-18-11-14)7-5-13-6-8-16(20-3)10-17(13)21-4/h6,8-12H,5,7H2,1-4H3. The highest BCUT2D eigenvalue weighted by atomic mass is 16.5. The molecule has 0 N–H and O–H groups in total. The second kappa shape index (κ2) is 7.07. The molecule has 1 aromatic carbocycles. The fourth-order valence-electron chi connectivity index (χ4n) is 2.19. The number of benzene rings is 1. The van der Waals surface area contributed by atoms with E-state index in [0.29, 0.717) is 5.92 Å². The lowest BCUT2D eigenvalue weighted by Gasteiger charge is -2.10. The van der Waals surface area contributed by atoms with Crippen molar-refractivity contribution in [3.63, 3.8) is 0 Å². The molecule has 1 heterocycles. The zero-order valence-corrected chi connectivity index (χ0v) is 13.1. The summed E-state index contributed by atoms with van der Waals surface area (Å²) < 4.78 is 10.6. The van der Waals surface area contributed by atoms with Gasteiger partial charge in [-0.2, -0.15) is 10.2 Å². The molecule has 2 aromatic rings. The van der Waals surface area contributed by atoms with Crippen molar-refractivity contribution < 1.29 is 9.47 Å². The number of methoxy groups -OCH3 is 2. The Morgan fingerprint density at radius 1 is 1.05 bits per heavy atom. The normalized spacial score (nSPS) is 10.7. The number of aryl methyl sites for hydroxylation is 2. The van der Waals surface area contributed by atoms with Crippen LogP contribution in [0.1, 0.15) is 36.6 Å². The van der Waals surface area contributed by atoms with Crippen LogP contribution in [0.15, 0.2) is 30.5 Å². The molecule has 0 radical (unpaired) electrons. The van der Waals surface area contributed by atoms with Crippen molar-refractivity contribution >= 4 is 0 Å². The monoisotopic (exact) mass is 286 g/mol. The SMILES string of the molecule is COc1ccc(CCc2cc(C(C)C)cnn2)c(OC)c1. The minimum Gasteiger partial charge on any atom is -0.497 e. The van der Waals surface area contributed by atoms with E-state index in [1.165, 1.54) is 5.56 Å². The van der Waals surface area contributed by atoms with Gasteiger partial charge in [-0.15, -0.1) is 0 Å². The molecule has 0 aliphatic carbocycles. The number of rotatable bonds is 6. The summed E-state index contributed by atoms with van der Waals surface area (Å²) in [5, 5.41) is 8.30. The summed E-state index contributed by atoms with van der Waals surface area (Å²) in [5.41, 5.74) is 3.39. The van der Waals surface area contributed by atoms with Gasteiger partial charge >= 0.3 is 0 Å². The largest absolute Gasteiger partial charge is 0.497 e. The average Bonchev–Trinajstić information content (AvgIpc) is 2.53. The van der Waals surface area contributed by atoms with Crippen molar-refractivity contribution in [3.8, 4) is 11.5 Å². The van der Waals surface area contributed by atoms with Crippen LogP contribution in [0.5, 0.6) is 11.5 Å². The van der Waals surface area contributed by atoms with Gasteiger partial charge in [0.05, 0.1) is 26.1 Å². The Kier molecular flexibility index (Phi) is 5.14. The maximum Gasteiger partial charge on any atom is 0.125 e. The molecule has 0 spiro atoms. The van der Waals surface area contributed by atoms with E-state index >= 15 is 0 Å². The van der Waals surface area contributed by atoms with Crippen LogP contribution in [-0.2, 0) is 12.8 Å². The van der Waals surface area contributed by atoms with Crippen LogP contribution in [0.25, 0.3) is 0 Å². The fourth-order valence-corrected chi connectivity index (χ4v) is 2.19. The molecule has 0 fully saturated rings. The maximum atomic E-state index is 5.42. The van der Waals surface area contributed by atoms with Gasteiger partial charge in [0.2, 0.25) is 0 Å². The van der Waals surface area contributed by atoms with E-state index in [4.69, 9.17) is 9.47 Å². The Labute approximate surface area is 126 Å². The second-order valence-electron chi connectivity index (χ2n) is 5.31. The number of hydrogen-bond donors (Lipinski definition) is 0. The molecule has 0 unspecified atom stereocenters. The summed E-state index contributed by atoms with van der Waals surface area (Å²) in [6.45, 7) is 4.32. The first-order chi connectivity index (χ1) is 10.1. The summed E-state index contributed by atoms with van der Waals surface area (Å²) in [4.78, 5) is 0. The van der Waals surface area contributed by atoms with Crippen LogP contribution in [0.4, 0.5) is 0 Å². The van der Waals surface area contributed by atoms with Crippen LogP contribution in [0, 0.1) is 0 Å². The molecule has 0 amide bonds. The summed E-state index contributed by atoms with van der Waals surface area (Å²) in [7, 11) is 3.33. The van der Waals surface area contributed by atoms with Crippen molar-refractivity contribution in [2.45, 2.75) is 32.6 Å². The highest BCUT2D eigenvalue weighted by molar-refractivity contribution is 5.41. The Balaban J connectivity index is 2.11. The molecular weight excluding hydrogens is 264 g/mol. The van der Waals surface area contributed by atoms with E-state index in [0.717, 1.165) is 35.6 Å². The van der Waals surface area contributed by atoms with Crippen molar-refractivity contribution in [3.05, 3.63) is 47.3 Å². The molecule has 0 saturated carbocycles. The van der Waals surface area contributed by atoms with Gasteiger partial charge in [-0.3, -0.25) is 0 Å². The Morgan fingerprint density at radius 2 is 1.86 bits per heavy atom. The van der Waals surface area contributed by atoms with E-state index < -0.39 is 0 Å². The molecule has 4 heteroatoms. The Bertz CT molecular complexity index is 597. The number of nitrogens with zero attached hydrogens (tertiary/aromatic N) is 2. The lowest BCUT2D eigenvalue weighted by atomic mass is 10.0. The van der Waals surface area contributed by atoms with Crippen molar-refractivity contribution in [2.75, 3.05) is 14.2 Å². The zero-order chi connectivity index (χ0) is 15.2. The first kappa shape index (κ1) is 15.3.